The highest BCUT2D eigenvalue weighted by molar-refractivity contribution is 8.00. The molecule has 3 N–H and O–H groups in total. The molecule has 8 nitrogen and oxygen atoms in total. The van der Waals surface area contributed by atoms with Crippen molar-refractivity contribution in [3.8, 4) is 11.9 Å². The van der Waals surface area contributed by atoms with Crippen LogP contribution in [0, 0.1) is 11.3 Å². The maximum atomic E-state index is 12.3. The van der Waals surface area contributed by atoms with E-state index in [4.69, 9.17) is 16.1 Å². The van der Waals surface area contributed by atoms with E-state index < -0.39 is 34.0 Å². The molecule has 0 aliphatic heterocycles. The van der Waals surface area contributed by atoms with Gasteiger partial charge in [-0.1, -0.05) is 11.8 Å². The third kappa shape index (κ3) is 4.71. The number of carbonyl (C=O) groups excluding carboxylic acids is 1. The summed E-state index contributed by atoms with van der Waals surface area (Å²) in [5.74, 6) is -2.18. The maximum Gasteiger partial charge on any atom is 0.534 e. The maximum absolute atomic E-state index is 12.3. The van der Waals surface area contributed by atoms with Gasteiger partial charge < -0.3 is 15.0 Å². The van der Waals surface area contributed by atoms with Crippen LogP contribution >= 0.6 is 11.8 Å². The second-order valence-electron chi connectivity index (χ2n) is 3.81. The van der Waals surface area contributed by atoms with E-state index in [1.54, 1.807) is 6.07 Å². The fourth-order valence-electron chi connectivity index (χ4n) is 1.24. The Bertz CT molecular complexity index is 758. The van der Waals surface area contributed by atoms with Crippen LogP contribution in [0.4, 0.5) is 13.2 Å². The topological polar surface area (TPSA) is 143 Å². The Labute approximate surface area is 132 Å². The molecule has 23 heavy (non-hydrogen) atoms. The zero-order valence-corrected chi connectivity index (χ0v) is 12.6. The molecular formula is C10H8F3N3O5S2. The van der Waals surface area contributed by atoms with E-state index in [9.17, 15) is 26.4 Å². The number of halogens is 3. The van der Waals surface area contributed by atoms with Gasteiger partial charge in [0.15, 0.2) is 0 Å². The zero-order chi connectivity index (χ0) is 17.8. The van der Waals surface area contributed by atoms with Crippen LogP contribution in [-0.4, -0.2) is 35.7 Å². The van der Waals surface area contributed by atoms with Crippen molar-refractivity contribution in [2.24, 2.45) is 5.73 Å². The number of aliphatic hydroxyl groups excluding tert-OH is 1. The number of hydrogen-bond donors (Lipinski definition) is 2. The van der Waals surface area contributed by atoms with Crippen LogP contribution in [0.3, 0.4) is 0 Å². The molecule has 0 spiro atoms. The number of amides is 1. The number of thioether (sulfide) groups is 1. The molecule has 0 aliphatic rings. The van der Waals surface area contributed by atoms with Crippen LogP contribution in [0.15, 0.2) is 11.1 Å². The summed E-state index contributed by atoms with van der Waals surface area (Å²) in [5, 5.41) is 17.8. The molecule has 0 aromatic carbocycles. The number of aliphatic hydroxyl groups is 1. The van der Waals surface area contributed by atoms with E-state index in [-0.39, 0.29) is 21.9 Å². The quantitative estimate of drug-likeness (QED) is 0.411. The van der Waals surface area contributed by atoms with Crippen molar-refractivity contribution in [3.05, 3.63) is 17.2 Å². The molecule has 1 amide bonds. The van der Waals surface area contributed by atoms with Gasteiger partial charge in [0.1, 0.15) is 11.1 Å². The monoisotopic (exact) mass is 371 g/mol. The van der Waals surface area contributed by atoms with Crippen LogP contribution in [0.2, 0.25) is 0 Å². The molecule has 0 aliphatic carbocycles. The van der Waals surface area contributed by atoms with Crippen LogP contribution in [0.25, 0.3) is 0 Å². The van der Waals surface area contributed by atoms with Gasteiger partial charge in [-0.25, -0.2) is 4.98 Å². The summed E-state index contributed by atoms with van der Waals surface area (Å²) < 4.78 is 62.6. The van der Waals surface area contributed by atoms with Crippen molar-refractivity contribution in [1.29, 1.82) is 5.26 Å². The number of nitrogens with zero attached hydrogens (tertiary/aromatic N) is 2. The number of aromatic nitrogens is 1. The van der Waals surface area contributed by atoms with Gasteiger partial charge in [-0.3, -0.25) is 4.79 Å². The molecule has 1 aromatic rings. The van der Waals surface area contributed by atoms with Crippen molar-refractivity contribution in [2.75, 3.05) is 5.75 Å². The van der Waals surface area contributed by atoms with Crippen LogP contribution in [0.5, 0.6) is 5.88 Å². The van der Waals surface area contributed by atoms with E-state index in [2.05, 4.69) is 9.17 Å². The van der Waals surface area contributed by atoms with Crippen molar-refractivity contribution in [2.45, 2.75) is 17.1 Å². The Balaban J connectivity index is 3.33. The lowest BCUT2D eigenvalue weighted by molar-refractivity contribution is -0.115. The van der Waals surface area contributed by atoms with Gasteiger partial charge in [0, 0.05) is 11.6 Å². The highest BCUT2D eigenvalue weighted by Crippen LogP contribution is 2.30. The van der Waals surface area contributed by atoms with E-state index in [0.29, 0.717) is 17.8 Å². The first-order valence-corrected chi connectivity index (χ1v) is 7.88. The summed E-state index contributed by atoms with van der Waals surface area (Å²) in [6.07, 6.45) is 0. The predicted octanol–water partition coefficient (Wildman–Crippen LogP) is 0.251. The first-order chi connectivity index (χ1) is 10.5. The number of rotatable bonds is 6. The van der Waals surface area contributed by atoms with Crippen molar-refractivity contribution >= 4 is 27.8 Å². The van der Waals surface area contributed by atoms with Crippen molar-refractivity contribution in [3.63, 3.8) is 0 Å². The van der Waals surface area contributed by atoms with Gasteiger partial charge in [-0.2, -0.15) is 26.9 Å². The average Bonchev–Trinajstić information content (AvgIpc) is 2.42. The van der Waals surface area contributed by atoms with Gasteiger partial charge in [0.25, 0.3) is 0 Å². The summed E-state index contributed by atoms with van der Waals surface area (Å²) >= 11 is 0.582. The molecular weight excluding hydrogens is 363 g/mol. The Morgan fingerprint density at radius 1 is 1.52 bits per heavy atom. The first kappa shape index (κ1) is 19.0. The number of hydrogen-bond acceptors (Lipinski definition) is 8. The van der Waals surface area contributed by atoms with Gasteiger partial charge in [0.2, 0.25) is 11.8 Å². The summed E-state index contributed by atoms with van der Waals surface area (Å²) in [7, 11) is -5.97. The smallest absolute Gasteiger partial charge is 0.392 e. The molecule has 0 radical (unpaired) electrons. The Hall–Kier alpha value is -2.04. The normalized spacial score (nSPS) is 11.8. The van der Waals surface area contributed by atoms with Crippen molar-refractivity contribution < 1.29 is 35.7 Å². The standard InChI is InChI=1S/C10H8F3N3O5S2/c11-10(12,13)23(19,20)21-8-1-5(3-17)6(2-14)9(16-8)22-4-7(15)18/h1,17H,3-4H2,(H2,15,18). The minimum atomic E-state index is -5.97. The van der Waals surface area contributed by atoms with Gasteiger partial charge >= 0.3 is 15.6 Å². The molecule has 13 heteroatoms. The van der Waals surface area contributed by atoms with Crippen LogP contribution in [0.1, 0.15) is 11.1 Å². The molecule has 0 unspecified atom stereocenters. The lowest BCUT2D eigenvalue weighted by Crippen LogP contribution is -2.28. The lowest BCUT2D eigenvalue weighted by Gasteiger charge is -2.12. The fourth-order valence-corrected chi connectivity index (χ4v) is 2.40. The third-order valence-corrected chi connectivity index (χ3v) is 4.11. The molecule has 0 saturated carbocycles. The van der Waals surface area contributed by atoms with E-state index in [0.717, 1.165) is 0 Å². The minimum Gasteiger partial charge on any atom is -0.392 e. The van der Waals surface area contributed by atoms with Crippen LogP contribution < -0.4 is 9.92 Å². The molecule has 1 heterocycles. The van der Waals surface area contributed by atoms with E-state index >= 15 is 0 Å². The first-order valence-electron chi connectivity index (χ1n) is 5.48. The second-order valence-corrected chi connectivity index (χ2v) is 6.31. The summed E-state index contributed by atoms with van der Waals surface area (Å²) in [4.78, 5) is 14.2. The predicted molar refractivity (Wildman–Crippen MR) is 70.4 cm³/mol. The molecule has 0 atom stereocenters. The Morgan fingerprint density at radius 3 is 2.57 bits per heavy atom. The highest BCUT2D eigenvalue weighted by atomic mass is 32.2. The number of pyridine rings is 1. The molecule has 0 fully saturated rings. The highest BCUT2D eigenvalue weighted by Gasteiger charge is 2.49. The number of carbonyl (C=O) groups is 1. The van der Waals surface area contributed by atoms with Gasteiger partial charge in [-0.05, 0) is 0 Å². The second kappa shape index (κ2) is 7.02. The minimum absolute atomic E-state index is 0.221. The summed E-state index contributed by atoms with van der Waals surface area (Å²) in [6.45, 7) is -0.794. The number of nitrogens with two attached hydrogens (primary N) is 1. The molecule has 0 saturated heterocycles. The summed E-state index contributed by atoms with van der Waals surface area (Å²) in [5.41, 5.74) is -1.24. The van der Waals surface area contributed by atoms with Crippen molar-refractivity contribution in [1.82, 2.24) is 4.98 Å². The molecule has 126 valence electrons. The van der Waals surface area contributed by atoms with E-state index in [1.165, 1.54) is 0 Å². The molecule has 1 aromatic heterocycles. The fraction of sp³-hybridized carbons (Fsp3) is 0.300. The third-order valence-electron chi connectivity index (χ3n) is 2.16. The zero-order valence-electron chi connectivity index (χ0n) is 11.0. The SMILES string of the molecule is N#Cc1c(CO)cc(OS(=O)(=O)C(F)(F)F)nc1SCC(N)=O. The lowest BCUT2D eigenvalue weighted by atomic mass is 10.1. The molecule has 0 bridgehead atoms. The van der Waals surface area contributed by atoms with Crippen LogP contribution in [-0.2, 0) is 21.5 Å². The Kier molecular flexibility index (Phi) is 5.81. The summed E-state index contributed by atoms with van der Waals surface area (Å²) in [6, 6.07) is 2.31. The Morgan fingerprint density at radius 2 is 2.13 bits per heavy atom. The number of primary amides is 1. The largest absolute Gasteiger partial charge is 0.534 e. The molecule has 1 rings (SSSR count). The van der Waals surface area contributed by atoms with E-state index in [1.807, 2.05) is 0 Å². The van der Waals surface area contributed by atoms with Gasteiger partial charge in [-0.15, -0.1) is 0 Å². The number of alkyl halides is 3. The average molecular weight is 371 g/mol. The van der Waals surface area contributed by atoms with Gasteiger partial charge in [0.05, 0.1) is 17.9 Å². The number of nitriles is 1.